The predicted octanol–water partition coefficient (Wildman–Crippen LogP) is 0.427. The molecule has 0 aliphatic heterocycles. The molecule has 0 radical (unpaired) electrons. The number of phenolic OH excluding ortho intramolecular Hbond substituents is 2. The zero-order chi connectivity index (χ0) is 16.8. The smallest absolute Gasteiger partial charge is 0.326 e. The van der Waals surface area contributed by atoms with Crippen molar-refractivity contribution in [2.45, 2.75) is 32.2 Å². The van der Waals surface area contributed by atoms with Crippen LogP contribution in [-0.4, -0.2) is 40.8 Å². The van der Waals surface area contributed by atoms with Crippen LogP contribution in [0.25, 0.3) is 0 Å². The first-order valence-electron chi connectivity index (χ1n) is 6.94. The number of esters is 1. The molecule has 122 valence electrons. The van der Waals surface area contributed by atoms with Gasteiger partial charge in [0.2, 0.25) is 5.91 Å². The fourth-order valence-electron chi connectivity index (χ4n) is 1.84. The summed E-state index contributed by atoms with van der Waals surface area (Å²) < 4.78 is 5.09. The molecule has 22 heavy (non-hydrogen) atoms. The van der Waals surface area contributed by atoms with E-state index in [1.54, 1.807) is 6.07 Å². The molecular formula is C15H22N2O5. The minimum Gasteiger partial charge on any atom is -0.504 e. The van der Waals surface area contributed by atoms with Gasteiger partial charge in [0.1, 0.15) is 5.54 Å². The van der Waals surface area contributed by atoms with Crippen molar-refractivity contribution in [2.75, 3.05) is 13.2 Å². The van der Waals surface area contributed by atoms with Crippen molar-refractivity contribution in [2.24, 2.45) is 5.73 Å². The summed E-state index contributed by atoms with van der Waals surface area (Å²) in [7, 11) is 0. The van der Waals surface area contributed by atoms with Crippen LogP contribution in [0.5, 0.6) is 11.5 Å². The molecule has 0 heterocycles. The molecule has 1 aromatic carbocycles. The molecule has 0 fully saturated rings. The number of hydrogen-bond donors (Lipinski definition) is 4. The Morgan fingerprint density at radius 3 is 2.59 bits per heavy atom. The number of carbonyl (C=O) groups is 2. The molecule has 5 N–H and O–H groups in total. The highest BCUT2D eigenvalue weighted by Crippen LogP contribution is 2.26. The highest BCUT2D eigenvalue weighted by atomic mass is 16.5. The monoisotopic (exact) mass is 310 g/mol. The fourth-order valence-corrected chi connectivity index (χ4v) is 1.84. The molecule has 7 nitrogen and oxygen atoms in total. The van der Waals surface area contributed by atoms with Crippen molar-refractivity contribution >= 4 is 11.9 Å². The largest absolute Gasteiger partial charge is 0.504 e. The zero-order valence-electron chi connectivity index (χ0n) is 12.8. The minimum absolute atomic E-state index is 0.137. The van der Waals surface area contributed by atoms with Gasteiger partial charge >= 0.3 is 5.97 Å². The highest BCUT2D eigenvalue weighted by Gasteiger charge is 2.30. The van der Waals surface area contributed by atoms with Crippen molar-refractivity contribution in [1.82, 2.24) is 5.32 Å². The SMILES string of the molecule is CC(=O)NCCCOC(=O)[C@@](C)(N)Cc1ccc(O)c(O)c1. The van der Waals surface area contributed by atoms with Gasteiger partial charge < -0.3 is 26.0 Å². The van der Waals surface area contributed by atoms with Crippen LogP contribution in [0.2, 0.25) is 0 Å². The van der Waals surface area contributed by atoms with E-state index in [9.17, 15) is 19.8 Å². The summed E-state index contributed by atoms with van der Waals surface area (Å²) >= 11 is 0. The molecule has 1 atom stereocenters. The third-order valence-electron chi connectivity index (χ3n) is 3.01. The van der Waals surface area contributed by atoms with Crippen LogP contribution in [0.4, 0.5) is 0 Å². The van der Waals surface area contributed by atoms with Crippen molar-refractivity contribution < 1.29 is 24.5 Å². The van der Waals surface area contributed by atoms with E-state index in [1.165, 1.54) is 26.0 Å². The Kier molecular flexibility index (Phi) is 6.18. The number of nitrogens with one attached hydrogen (secondary N) is 1. The van der Waals surface area contributed by atoms with Gasteiger partial charge in [-0.1, -0.05) is 6.07 Å². The highest BCUT2D eigenvalue weighted by molar-refractivity contribution is 5.80. The van der Waals surface area contributed by atoms with E-state index >= 15 is 0 Å². The number of rotatable bonds is 7. The molecule has 1 amide bonds. The maximum atomic E-state index is 12.0. The lowest BCUT2D eigenvalue weighted by molar-refractivity contribution is -0.149. The van der Waals surface area contributed by atoms with Gasteiger partial charge in [0.15, 0.2) is 11.5 Å². The lowest BCUT2D eigenvalue weighted by Gasteiger charge is -2.22. The van der Waals surface area contributed by atoms with E-state index in [4.69, 9.17) is 10.5 Å². The van der Waals surface area contributed by atoms with Crippen molar-refractivity contribution in [3.8, 4) is 11.5 Å². The van der Waals surface area contributed by atoms with Crippen LogP contribution >= 0.6 is 0 Å². The number of hydrogen-bond acceptors (Lipinski definition) is 6. The summed E-state index contributed by atoms with van der Waals surface area (Å²) in [6, 6.07) is 4.26. The Labute approximate surface area is 129 Å². The van der Waals surface area contributed by atoms with Crippen LogP contribution < -0.4 is 11.1 Å². The van der Waals surface area contributed by atoms with Gasteiger partial charge in [0.25, 0.3) is 0 Å². The third kappa shape index (κ3) is 5.61. The van der Waals surface area contributed by atoms with Crippen LogP contribution in [-0.2, 0) is 20.7 Å². The molecule has 0 aliphatic carbocycles. The Morgan fingerprint density at radius 2 is 2.00 bits per heavy atom. The number of ether oxygens (including phenoxy) is 1. The van der Waals surface area contributed by atoms with E-state index in [2.05, 4.69) is 5.32 Å². The van der Waals surface area contributed by atoms with E-state index in [0.29, 0.717) is 18.5 Å². The summed E-state index contributed by atoms with van der Waals surface area (Å²) in [5.74, 6) is -1.20. The molecule has 1 aromatic rings. The molecule has 0 aliphatic rings. The second-order valence-electron chi connectivity index (χ2n) is 5.39. The molecule has 1 rings (SSSR count). The van der Waals surface area contributed by atoms with Crippen molar-refractivity contribution in [3.63, 3.8) is 0 Å². The van der Waals surface area contributed by atoms with Gasteiger partial charge in [-0.05, 0) is 31.0 Å². The van der Waals surface area contributed by atoms with Crippen molar-refractivity contribution in [3.05, 3.63) is 23.8 Å². The standard InChI is InChI=1S/C15H22N2O5/c1-10(18)17-6-3-7-22-14(21)15(2,16)9-11-4-5-12(19)13(20)8-11/h4-5,8,19-20H,3,6-7,9,16H2,1-2H3,(H,17,18)/t15-/m0/s1. The number of aromatic hydroxyl groups is 2. The minimum atomic E-state index is -1.25. The molecule has 0 saturated heterocycles. The number of benzene rings is 1. The zero-order valence-corrected chi connectivity index (χ0v) is 12.8. The summed E-state index contributed by atoms with van der Waals surface area (Å²) in [5, 5.41) is 21.3. The van der Waals surface area contributed by atoms with E-state index in [0.717, 1.165) is 0 Å². The molecular weight excluding hydrogens is 288 g/mol. The topological polar surface area (TPSA) is 122 Å². The van der Waals surface area contributed by atoms with Gasteiger partial charge in [0, 0.05) is 19.9 Å². The summed E-state index contributed by atoms with van der Waals surface area (Å²) in [6.07, 6.45) is 0.659. The van der Waals surface area contributed by atoms with Gasteiger partial charge in [-0.2, -0.15) is 0 Å². The van der Waals surface area contributed by atoms with Gasteiger partial charge in [0.05, 0.1) is 6.61 Å². The average Bonchev–Trinajstić information content (AvgIpc) is 2.41. The normalized spacial score (nSPS) is 13.2. The number of carbonyl (C=O) groups excluding carboxylic acids is 2. The quantitative estimate of drug-likeness (QED) is 0.329. The van der Waals surface area contributed by atoms with E-state index in [1.807, 2.05) is 0 Å². The first kappa shape index (κ1) is 17.8. The van der Waals surface area contributed by atoms with Gasteiger partial charge in [-0.3, -0.25) is 9.59 Å². The summed E-state index contributed by atoms with van der Waals surface area (Å²) in [4.78, 5) is 22.6. The summed E-state index contributed by atoms with van der Waals surface area (Å²) in [5.41, 5.74) is 5.31. The van der Waals surface area contributed by atoms with Crippen LogP contribution in [0.3, 0.4) is 0 Å². The van der Waals surface area contributed by atoms with Crippen LogP contribution in [0.15, 0.2) is 18.2 Å². The second kappa shape index (κ2) is 7.65. The Hall–Kier alpha value is -2.28. The lowest BCUT2D eigenvalue weighted by Crippen LogP contribution is -2.48. The first-order chi connectivity index (χ1) is 10.2. The van der Waals surface area contributed by atoms with E-state index < -0.39 is 11.5 Å². The first-order valence-corrected chi connectivity index (χ1v) is 6.94. The van der Waals surface area contributed by atoms with E-state index in [-0.39, 0.29) is 30.4 Å². The Morgan fingerprint density at radius 1 is 1.32 bits per heavy atom. The van der Waals surface area contributed by atoms with Crippen LogP contribution in [0, 0.1) is 0 Å². The maximum Gasteiger partial charge on any atom is 0.326 e. The molecule has 0 bridgehead atoms. The molecule has 0 unspecified atom stereocenters. The van der Waals surface area contributed by atoms with Gasteiger partial charge in [-0.25, -0.2) is 0 Å². The number of amides is 1. The van der Waals surface area contributed by atoms with Crippen molar-refractivity contribution in [1.29, 1.82) is 0 Å². The average molecular weight is 310 g/mol. The van der Waals surface area contributed by atoms with Crippen LogP contribution in [0.1, 0.15) is 25.8 Å². The third-order valence-corrected chi connectivity index (χ3v) is 3.01. The Bertz CT molecular complexity index is 543. The molecule has 7 heteroatoms. The van der Waals surface area contributed by atoms with Gasteiger partial charge in [-0.15, -0.1) is 0 Å². The fraction of sp³-hybridized carbons (Fsp3) is 0.467. The molecule has 0 spiro atoms. The number of phenols is 2. The molecule has 0 saturated carbocycles. The number of nitrogens with two attached hydrogens (primary N) is 1. The lowest BCUT2D eigenvalue weighted by atomic mass is 9.94. The summed E-state index contributed by atoms with van der Waals surface area (Å²) in [6.45, 7) is 3.53. The Balaban J connectivity index is 2.48. The second-order valence-corrected chi connectivity index (χ2v) is 5.39. The predicted molar refractivity (Wildman–Crippen MR) is 80.3 cm³/mol. The maximum absolute atomic E-state index is 12.0. The molecule has 0 aromatic heterocycles.